The van der Waals surface area contributed by atoms with Gasteiger partial charge in [-0.15, -0.1) is 0 Å². The van der Waals surface area contributed by atoms with Crippen molar-refractivity contribution in [3.05, 3.63) is 98.1 Å². The van der Waals surface area contributed by atoms with E-state index in [1.807, 2.05) is 24.3 Å². The lowest BCUT2D eigenvalue weighted by Crippen LogP contribution is -2.26. The van der Waals surface area contributed by atoms with Gasteiger partial charge in [-0.25, -0.2) is 13.1 Å². The average molecular weight is 519 g/mol. The van der Waals surface area contributed by atoms with Crippen molar-refractivity contribution < 1.29 is 8.42 Å². The molecule has 4 rings (SSSR count). The predicted octanol–water partition coefficient (Wildman–Crippen LogP) is 5.28. The average Bonchev–Trinajstić information content (AvgIpc) is 3.10. The monoisotopic (exact) mass is 518 g/mol. The highest BCUT2D eigenvalue weighted by Gasteiger charge is 2.16. The van der Waals surface area contributed by atoms with Gasteiger partial charge in [-0.2, -0.15) is 11.8 Å². The van der Waals surface area contributed by atoms with Crippen LogP contribution in [0.3, 0.4) is 0 Å². The SMILES string of the molecule is Cc1ccccc1CSCCNS(=O)(=O)c1ccc2c(c1)sc(=O)n2Cc1ccc(Cl)cc1. The van der Waals surface area contributed by atoms with Gasteiger partial charge in [0.25, 0.3) is 0 Å². The molecule has 1 heterocycles. The van der Waals surface area contributed by atoms with Crippen LogP contribution < -0.4 is 9.60 Å². The van der Waals surface area contributed by atoms with E-state index in [0.29, 0.717) is 34.1 Å². The maximum Gasteiger partial charge on any atom is 0.308 e. The second-order valence-electron chi connectivity index (χ2n) is 7.59. The van der Waals surface area contributed by atoms with E-state index >= 15 is 0 Å². The second kappa shape index (κ2) is 10.4. The summed E-state index contributed by atoms with van der Waals surface area (Å²) in [6, 6.07) is 20.3. The highest BCUT2D eigenvalue weighted by atomic mass is 35.5. The number of thiazole rings is 1. The van der Waals surface area contributed by atoms with Gasteiger partial charge in [0.1, 0.15) is 0 Å². The Kier molecular flexibility index (Phi) is 7.61. The van der Waals surface area contributed by atoms with Crippen LogP contribution in [0.25, 0.3) is 10.2 Å². The maximum atomic E-state index is 12.8. The molecule has 0 radical (unpaired) electrons. The van der Waals surface area contributed by atoms with E-state index in [2.05, 4.69) is 23.8 Å². The summed E-state index contributed by atoms with van der Waals surface area (Å²) in [5.41, 5.74) is 4.16. The van der Waals surface area contributed by atoms with Crippen molar-refractivity contribution in [3.63, 3.8) is 0 Å². The van der Waals surface area contributed by atoms with Gasteiger partial charge in [0.05, 0.1) is 21.7 Å². The third-order valence-corrected chi connectivity index (χ3v) is 8.92. The molecule has 0 atom stereocenters. The number of hydrogen-bond donors (Lipinski definition) is 1. The molecule has 0 saturated carbocycles. The topological polar surface area (TPSA) is 68.2 Å². The van der Waals surface area contributed by atoms with Gasteiger partial charge in [-0.1, -0.05) is 59.3 Å². The largest absolute Gasteiger partial charge is 0.308 e. The molecule has 0 unspecified atom stereocenters. The van der Waals surface area contributed by atoms with Gasteiger partial charge in [0.2, 0.25) is 10.0 Å². The van der Waals surface area contributed by atoms with Gasteiger partial charge in [-0.3, -0.25) is 9.36 Å². The number of halogens is 1. The molecule has 0 saturated heterocycles. The van der Waals surface area contributed by atoms with Gasteiger partial charge in [0, 0.05) is 23.1 Å². The summed E-state index contributed by atoms with van der Waals surface area (Å²) in [5.74, 6) is 1.51. The normalized spacial score (nSPS) is 11.8. The molecule has 172 valence electrons. The Morgan fingerprint density at radius 2 is 1.82 bits per heavy atom. The molecule has 0 aliphatic rings. The number of benzene rings is 3. The van der Waals surface area contributed by atoms with Gasteiger partial charge < -0.3 is 0 Å². The minimum absolute atomic E-state index is 0.130. The molecule has 5 nitrogen and oxygen atoms in total. The minimum atomic E-state index is -3.65. The molecule has 0 fully saturated rings. The molecule has 4 aromatic rings. The summed E-state index contributed by atoms with van der Waals surface area (Å²) >= 11 is 8.67. The van der Waals surface area contributed by atoms with Crippen LogP contribution in [-0.2, 0) is 22.3 Å². The molecule has 1 N–H and O–H groups in total. The highest BCUT2D eigenvalue weighted by molar-refractivity contribution is 7.98. The Bertz CT molecular complexity index is 1430. The van der Waals surface area contributed by atoms with Crippen molar-refractivity contribution >= 4 is 54.9 Å². The summed E-state index contributed by atoms with van der Waals surface area (Å²) < 4.78 is 30.5. The summed E-state index contributed by atoms with van der Waals surface area (Å²) in [6.45, 7) is 2.81. The Labute approximate surface area is 206 Å². The van der Waals surface area contributed by atoms with Crippen molar-refractivity contribution in [3.8, 4) is 0 Å². The van der Waals surface area contributed by atoms with Crippen LogP contribution in [-0.4, -0.2) is 25.3 Å². The van der Waals surface area contributed by atoms with Crippen LogP contribution in [0.4, 0.5) is 0 Å². The Morgan fingerprint density at radius 3 is 2.58 bits per heavy atom. The fourth-order valence-electron chi connectivity index (χ4n) is 3.42. The highest BCUT2D eigenvalue weighted by Crippen LogP contribution is 2.23. The molecular weight excluding hydrogens is 496 g/mol. The number of hydrogen-bond acceptors (Lipinski definition) is 5. The van der Waals surface area contributed by atoms with E-state index in [4.69, 9.17) is 11.6 Å². The number of sulfonamides is 1. The van der Waals surface area contributed by atoms with E-state index in [9.17, 15) is 13.2 Å². The third-order valence-electron chi connectivity index (χ3n) is 5.26. The number of nitrogens with zero attached hydrogens (tertiary/aromatic N) is 1. The first-order valence-electron chi connectivity index (χ1n) is 10.3. The van der Waals surface area contributed by atoms with Crippen LogP contribution >= 0.6 is 34.7 Å². The van der Waals surface area contributed by atoms with E-state index in [1.54, 1.807) is 46.7 Å². The van der Waals surface area contributed by atoms with Crippen molar-refractivity contribution in [1.29, 1.82) is 0 Å². The number of thioether (sulfide) groups is 1. The summed E-state index contributed by atoms with van der Waals surface area (Å²) in [7, 11) is -3.65. The number of aromatic nitrogens is 1. The second-order valence-corrected chi connectivity index (χ2v) is 11.9. The first kappa shape index (κ1) is 24.0. The zero-order valence-electron chi connectivity index (χ0n) is 18.0. The molecule has 33 heavy (non-hydrogen) atoms. The van der Waals surface area contributed by atoms with E-state index < -0.39 is 10.0 Å². The summed E-state index contributed by atoms with van der Waals surface area (Å²) in [4.78, 5) is 12.6. The molecular formula is C24H23ClN2O3S3. The quantitative estimate of drug-likeness (QED) is 0.306. The molecule has 0 bridgehead atoms. The number of rotatable bonds is 9. The fraction of sp³-hybridized carbons (Fsp3) is 0.208. The van der Waals surface area contributed by atoms with E-state index in [0.717, 1.165) is 22.7 Å². The minimum Gasteiger partial charge on any atom is -0.294 e. The van der Waals surface area contributed by atoms with Crippen LogP contribution in [0.5, 0.6) is 0 Å². The van der Waals surface area contributed by atoms with Crippen molar-refractivity contribution in [1.82, 2.24) is 9.29 Å². The maximum absolute atomic E-state index is 12.8. The Hall–Kier alpha value is -2.10. The predicted molar refractivity (Wildman–Crippen MR) is 139 cm³/mol. The van der Waals surface area contributed by atoms with Gasteiger partial charge >= 0.3 is 4.87 Å². The lowest BCUT2D eigenvalue weighted by Gasteiger charge is -2.09. The zero-order valence-corrected chi connectivity index (χ0v) is 21.2. The number of fused-ring (bicyclic) bond motifs is 1. The lowest BCUT2D eigenvalue weighted by atomic mass is 10.1. The molecule has 0 amide bonds. The van der Waals surface area contributed by atoms with Crippen molar-refractivity contribution in [2.75, 3.05) is 12.3 Å². The first-order valence-corrected chi connectivity index (χ1v) is 14.2. The van der Waals surface area contributed by atoms with Crippen LogP contribution in [0.15, 0.2) is 76.4 Å². The number of aryl methyl sites for hydroxylation is 1. The third kappa shape index (κ3) is 5.88. The Balaban J connectivity index is 1.41. The Morgan fingerprint density at radius 1 is 1.06 bits per heavy atom. The lowest BCUT2D eigenvalue weighted by molar-refractivity contribution is 0.584. The molecule has 0 spiro atoms. The smallest absolute Gasteiger partial charge is 0.294 e. The zero-order chi connectivity index (χ0) is 23.4. The molecule has 0 aliphatic heterocycles. The van der Waals surface area contributed by atoms with Crippen LogP contribution in [0.2, 0.25) is 5.02 Å². The summed E-state index contributed by atoms with van der Waals surface area (Å²) in [5, 5.41) is 0.636. The van der Waals surface area contributed by atoms with E-state index in [-0.39, 0.29) is 9.77 Å². The van der Waals surface area contributed by atoms with Crippen molar-refractivity contribution in [2.45, 2.75) is 24.1 Å². The van der Waals surface area contributed by atoms with Crippen molar-refractivity contribution in [2.24, 2.45) is 0 Å². The molecule has 1 aromatic heterocycles. The fourth-order valence-corrected chi connectivity index (χ4v) is 6.67. The standard InChI is InChI=1S/C24H23ClN2O3S3/c1-17-4-2-3-5-19(17)16-31-13-12-26-33(29,30)21-10-11-22-23(14-21)32-24(28)27(22)15-18-6-8-20(25)9-7-18/h2-11,14,26H,12-13,15-16H2,1H3. The first-order chi connectivity index (χ1) is 15.8. The summed E-state index contributed by atoms with van der Waals surface area (Å²) in [6.07, 6.45) is 0. The van der Waals surface area contributed by atoms with Crippen LogP contribution in [0, 0.1) is 6.92 Å². The molecule has 0 aliphatic carbocycles. The van der Waals surface area contributed by atoms with E-state index in [1.165, 1.54) is 11.1 Å². The molecule has 9 heteroatoms. The van der Waals surface area contributed by atoms with Gasteiger partial charge in [-0.05, 0) is 53.9 Å². The molecule has 3 aromatic carbocycles. The van der Waals surface area contributed by atoms with Crippen LogP contribution in [0.1, 0.15) is 16.7 Å². The number of nitrogens with one attached hydrogen (secondary N) is 1. The van der Waals surface area contributed by atoms with Gasteiger partial charge in [0.15, 0.2) is 0 Å².